The van der Waals surface area contributed by atoms with E-state index in [0.717, 1.165) is 13.0 Å². The largest absolute Gasteiger partial charge is 0.480 e. The van der Waals surface area contributed by atoms with E-state index in [1.165, 1.54) is 4.88 Å². The van der Waals surface area contributed by atoms with E-state index in [4.69, 9.17) is 5.11 Å². The zero-order valence-electron chi connectivity index (χ0n) is 7.56. The number of aliphatic carboxylic acids is 1. The van der Waals surface area contributed by atoms with Crippen LogP contribution < -0.4 is 0 Å². The first-order valence-corrected chi connectivity index (χ1v) is 4.99. The molecule has 0 spiro atoms. The molecule has 0 unspecified atom stereocenters. The van der Waals surface area contributed by atoms with Gasteiger partial charge in [0, 0.05) is 11.4 Å². The van der Waals surface area contributed by atoms with Gasteiger partial charge in [0.25, 0.3) is 0 Å². The van der Waals surface area contributed by atoms with Gasteiger partial charge in [0.2, 0.25) is 0 Å². The highest BCUT2D eigenvalue weighted by molar-refractivity contribution is 7.09. The first-order valence-electron chi connectivity index (χ1n) is 4.11. The van der Waals surface area contributed by atoms with Crippen LogP contribution >= 0.6 is 11.3 Å². The zero-order chi connectivity index (χ0) is 9.68. The molecular weight excluding hydrogens is 186 g/mol. The second-order valence-corrected chi connectivity index (χ2v) is 3.99. The molecule has 0 amide bonds. The van der Waals surface area contributed by atoms with E-state index in [9.17, 15) is 4.79 Å². The molecule has 1 aromatic heterocycles. The normalized spacial score (nSPS) is 10.6. The minimum atomic E-state index is -0.770. The maximum absolute atomic E-state index is 10.3. The van der Waals surface area contributed by atoms with Crippen LogP contribution in [-0.4, -0.2) is 36.1 Å². The second-order valence-electron chi connectivity index (χ2n) is 2.96. The fourth-order valence-corrected chi connectivity index (χ4v) is 1.76. The molecule has 13 heavy (non-hydrogen) atoms. The molecule has 0 radical (unpaired) electrons. The number of rotatable bonds is 5. The number of nitrogens with zero attached hydrogens (tertiary/aromatic N) is 1. The van der Waals surface area contributed by atoms with Crippen LogP contribution in [0.1, 0.15) is 4.88 Å². The van der Waals surface area contributed by atoms with Gasteiger partial charge in [0.1, 0.15) is 0 Å². The Hall–Kier alpha value is -0.870. The molecule has 0 saturated heterocycles. The van der Waals surface area contributed by atoms with Gasteiger partial charge in [-0.3, -0.25) is 9.69 Å². The van der Waals surface area contributed by atoms with E-state index < -0.39 is 5.97 Å². The third kappa shape index (κ3) is 4.05. The average Bonchev–Trinajstić information content (AvgIpc) is 2.51. The Morgan fingerprint density at radius 2 is 2.46 bits per heavy atom. The molecule has 3 nitrogen and oxygen atoms in total. The van der Waals surface area contributed by atoms with Crippen LogP contribution in [-0.2, 0) is 11.2 Å². The number of carbonyl (C=O) groups is 1. The molecule has 1 heterocycles. The van der Waals surface area contributed by atoms with Gasteiger partial charge in [-0.1, -0.05) is 6.07 Å². The van der Waals surface area contributed by atoms with Crippen LogP contribution in [0.3, 0.4) is 0 Å². The molecule has 0 saturated carbocycles. The van der Waals surface area contributed by atoms with Crippen molar-refractivity contribution in [2.24, 2.45) is 0 Å². The molecule has 1 rings (SSSR count). The number of hydrogen-bond donors (Lipinski definition) is 1. The van der Waals surface area contributed by atoms with Crippen LogP contribution in [0, 0.1) is 0 Å². The number of thiophene rings is 1. The molecule has 1 N–H and O–H groups in total. The molecule has 0 aliphatic carbocycles. The van der Waals surface area contributed by atoms with Crippen molar-refractivity contribution >= 4 is 17.3 Å². The summed E-state index contributed by atoms with van der Waals surface area (Å²) in [6, 6.07) is 4.08. The summed E-state index contributed by atoms with van der Waals surface area (Å²) in [5, 5.41) is 10.5. The number of hydrogen-bond acceptors (Lipinski definition) is 3. The molecule has 72 valence electrons. The molecule has 0 aliphatic rings. The number of carboxylic acids is 1. The van der Waals surface area contributed by atoms with Crippen molar-refractivity contribution in [2.75, 3.05) is 20.1 Å². The lowest BCUT2D eigenvalue weighted by Gasteiger charge is -2.12. The molecule has 0 atom stereocenters. The van der Waals surface area contributed by atoms with Crippen molar-refractivity contribution in [3.63, 3.8) is 0 Å². The smallest absolute Gasteiger partial charge is 0.317 e. The average molecular weight is 199 g/mol. The summed E-state index contributed by atoms with van der Waals surface area (Å²) in [6.45, 7) is 0.915. The lowest BCUT2D eigenvalue weighted by Crippen LogP contribution is -2.27. The summed E-state index contributed by atoms with van der Waals surface area (Å²) >= 11 is 1.71. The molecule has 0 aliphatic heterocycles. The Kier molecular flexibility index (Phi) is 3.92. The Morgan fingerprint density at radius 1 is 1.69 bits per heavy atom. The van der Waals surface area contributed by atoms with Crippen LogP contribution in [0.15, 0.2) is 17.5 Å². The van der Waals surface area contributed by atoms with Gasteiger partial charge in [-0.15, -0.1) is 11.3 Å². The fraction of sp³-hybridized carbons (Fsp3) is 0.444. The minimum Gasteiger partial charge on any atom is -0.480 e. The van der Waals surface area contributed by atoms with Crippen LogP contribution in [0.25, 0.3) is 0 Å². The van der Waals surface area contributed by atoms with Crippen LogP contribution in [0.4, 0.5) is 0 Å². The Labute approximate surface area is 81.6 Å². The molecule has 4 heteroatoms. The summed E-state index contributed by atoms with van der Waals surface area (Å²) < 4.78 is 0. The van der Waals surface area contributed by atoms with E-state index >= 15 is 0 Å². The maximum atomic E-state index is 10.3. The Balaban J connectivity index is 2.22. The van der Waals surface area contributed by atoms with Crippen LogP contribution in [0.2, 0.25) is 0 Å². The van der Waals surface area contributed by atoms with Crippen molar-refractivity contribution in [1.82, 2.24) is 4.90 Å². The standard InChI is InChI=1S/C9H13NO2S/c1-10(7-9(11)12)5-4-8-3-2-6-13-8/h2-3,6H,4-5,7H2,1H3,(H,11,12). The summed E-state index contributed by atoms with van der Waals surface area (Å²) in [6.07, 6.45) is 0.932. The van der Waals surface area contributed by atoms with E-state index in [2.05, 4.69) is 6.07 Å². The van der Waals surface area contributed by atoms with Crippen molar-refractivity contribution in [3.8, 4) is 0 Å². The zero-order valence-corrected chi connectivity index (χ0v) is 8.38. The monoisotopic (exact) mass is 199 g/mol. The molecule has 1 aromatic rings. The lowest BCUT2D eigenvalue weighted by molar-refractivity contribution is -0.137. The molecule has 0 fully saturated rings. The van der Waals surface area contributed by atoms with E-state index in [1.807, 2.05) is 23.4 Å². The molecular formula is C9H13NO2S. The molecule has 0 bridgehead atoms. The van der Waals surface area contributed by atoms with E-state index in [0.29, 0.717) is 0 Å². The van der Waals surface area contributed by atoms with Crippen molar-refractivity contribution in [2.45, 2.75) is 6.42 Å². The predicted molar refractivity (Wildman–Crippen MR) is 53.2 cm³/mol. The first kappa shape index (κ1) is 10.2. The predicted octanol–water partition coefficient (Wildman–Crippen LogP) is 1.31. The topological polar surface area (TPSA) is 40.5 Å². The van der Waals surface area contributed by atoms with Crippen molar-refractivity contribution in [1.29, 1.82) is 0 Å². The van der Waals surface area contributed by atoms with Gasteiger partial charge < -0.3 is 5.11 Å². The highest BCUT2D eigenvalue weighted by Gasteiger charge is 2.03. The highest BCUT2D eigenvalue weighted by Crippen LogP contribution is 2.09. The minimum absolute atomic E-state index is 0.116. The third-order valence-electron chi connectivity index (χ3n) is 1.73. The SMILES string of the molecule is CN(CCc1cccs1)CC(=O)O. The van der Waals surface area contributed by atoms with Gasteiger partial charge in [0.05, 0.1) is 6.54 Å². The second kappa shape index (κ2) is 4.99. The van der Waals surface area contributed by atoms with Gasteiger partial charge in [-0.2, -0.15) is 0 Å². The van der Waals surface area contributed by atoms with Gasteiger partial charge >= 0.3 is 5.97 Å². The lowest BCUT2D eigenvalue weighted by atomic mass is 10.3. The first-order chi connectivity index (χ1) is 6.18. The van der Waals surface area contributed by atoms with E-state index in [1.54, 1.807) is 11.3 Å². The van der Waals surface area contributed by atoms with Crippen LogP contribution in [0.5, 0.6) is 0 Å². The Bertz CT molecular complexity index is 259. The van der Waals surface area contributed by atoms with Crippen molar-refractivity contribution in [3.05, 3.63) is 22.4 Å². The quantitative estimate of drug-likeness (QED) is 0.777. The third-order valence-corrected chi connectivity index (χ3v) is 2.66. The van der Waals surface area contributed by atoms with Gasteiger partial charge in [-0.25, -0.2) is 0 Å². The van der Waals surface area contributed by atoms with E-state index in [-0.39, 0.29) is 6.54 Å². The number of carboxylic acid groups (broad SMARTS) is 1. The Morgan fingerprint density at radius 3 is 3.00 bits per heavy atom. The summed E-state index contributed by atoms with van der Waals surface area (Å²) in [5.74, 6) is -0.770. The highest BCUT2D eigenvalue weighted by atomic mass is 32.1. The summed E-state index contributed by atoms with van der Waals surface area (Å²) in [5.41, 5.74) is 0. The fourth-order valence-electron chi connectivity index (χ4n) is 1.07. The summed E-state index contributed by atoms with van der Waals surface area (Å²) in [7, 11) is 1.82. The maximum Gasteiger partial charge on any atom is 0.317 e. The van der Waals surface area contributed by atoms with Gasteiger partial charge in [0.15, 0.2) is 0 Å². The number of likely N-dealkylation sites (N-methyl/N-ethyl adjacent to an activating group) is 1. The van der Waals surface area contributed by atoms with Gasteiger partial charge in [-0.05, 0) is 24.9 Å². The summed E-state index contributed by atoms with van der Waals surface area (Å²) in [4.78, 5) is 13.4. The molecule has 0 aromatic carbocycles. The van der Waals surface area contributed by atoms with Crippen molar-refractivity contribution < 1.29 is 9.90 Å².